The molecule has 156 valence electrons. The maximum absolute atomic E-state index is 13.0. The highest BCUT2D eigenvalue weighted by Crippen LogP contribution is 2.22. The van der Waals surface area contributed by atoms with Gasteiger partial charge in [-0.25, -0.2) is 0 Å². The van der Waals surface area contributed by atoms with Crippen molar-refractivity contribution in [2.45, 2.75) is 50.7 Å². The van der Waals surface area contributed by atoms with Crippen molar-refractivity contribution in [3.8, 4) is 0 Å². The highest BCUT2D eigenvalue weighted by molar-refractivity contribution is 8.00. The Morgan fingerprint density at radius 1 is 1.00 bits per heavy atom. The van der Waals surface area contributed by atoms with Crippen LogP contribution in [-0.2, 0) is 16.1 Å². The minimum Gasteiger partial charge on any atom is -0.352 e. The van der Waals surface area contributed by atoms with Crippen molar-refractivity contribution < 1.29 is 9.59 Å². The van der Waals surface area contributed by atoms with E-state index in [2.05, 4.69) is 5.32 Å². The van der Waals surface area contributed by atoms with Crippen LogP contribution >= 0.6 is 35.0 Å². The fourth-order valence-corrected chi connectivity index (χ4v) is 3.63. The summed E-state index contributed by atoms with van der Waals surface area (Å²) in [7, 11) is 0. The van der Waals surface area contributed by atoms with Crippen LogP contribution < -0.4 is 5.32 Å². The van der Waals surface area contributed by atoms with Gasteiger partial charge in [0.15, 0.2) is 0 Å². The molecule has 0 unspecified atom stereocenters. The lowest BCUT2D eigenvalue weighted by molar-refractivity contribution is -0.138. The molecule has 0 bridgehead atoms. The zero-order valence-electron chi connectivity index (χ0n) is 16.8. The van der Waals surface area contributed by atoms with E-state index in [0.29, 0.717) is 16.6 Å². The fraction of sp³-hybridized carbons (Fsp3) is 0.364. The Kier molecular flexibility index (Phi) is 9.34. The maximum atomic E-state index is 13.0. The van der Waals surface area contributed by atoms with Gasteiger partial charge in [0.2, 0.25) is 11.8 Å². The first kappa shape index (κ1) is 23.6. The number of nitrogens with one attached hydrogen (secondary N) is 1. The first-order valence-electron chi connectivity index (χ1n) is 9.52. The molecule has 2 rings (SSSR count). The largest absolute Gasteiger partial charge is 0.352 e. The lowest BCUT2D eigenvalue weighted by Crippen LogP contribution is -2.50. The van der Waals surface area contributed by atoms with E-state index in [1.54, 1.807) is 36.1 Å². The third-order valence-electron chi connectivity index (χ3n) is 4.61. The Morgan fingerprint density at radius 2 is 1.55 bits per heavy atom. The molecule has 0 aliphatic rings. The normalized spacial score (nSPS) is 12.9. The molecule has 7 heteroatoms. The second kappa shape index (κ2) is 11.5. The summed E-state index contributed by atoms with van der Waals surface area (Å²) >= 11 is 13.3. The van der Waals surface area contributed by atoms with Crippen molar-refractivity contribution in [3.63, 3.8) is 0 Å². The number of benzene rings is 2. The van der Waals surface area contributed by atoms with Crippen LogP contribution in [0.3, 0.4) is 0 Å². The number of thioether (sulfide) groups is 1. The zero-order valence-corrected chi connectivity index (χ0v) is 19.2. The fourth-order valence-electron chi connectivity index (χ4n) is 2.59. The second-order valence-corrected chi connectivity index (χ2v) is 8.81. The summed E-state index contributed by atoms with van der Waals surface area (Å²) in [5, 5.41) is 4.25. The number of nitrogens with zero attached hydrogens (tertiary/aromatic N) is 1. The van der Waals surface area contributed by atoms with Crippen LogP contribution in [0.25, 0.3) is 0 Å². The molecule has 2 atom stereocenters. The number of hydrogen-bond acceptors (Lipinski definition) is 3. The van der Waals surface area contributed by atoms with E-state index >= 15 is 0 Å². The van der Waals surface area contributed by atoms with Gasteiger partial charge in [0.1, 0.15) is 6.04 Å². The van der Waals surface area contributed by atoms with E-state index in [0.717, 1.165) is 16.9 Å². The average molecular weight is 453 g/mol. The minimum atomic E-state index is -0.585. The van der Waals surface area contributed by atoms with Crippen molar-refractivity contribution >= 4 is 46.8 Å². The van der Waals surface area contributed by atoms with Crippen LogP contribution in [0.1, 0.15) is 32.8 Å². The molecular formula is C22H26Cl2N2O2S. The molecule has 0 aromatic heterocycles. The van der Waals surface area contributed by atoms with Gasteiger partial charge < -0.3 is 10.2 Å². The maximum Gasteiger partial charge on any atom is 0.242 e. The molecule has 0 fully saturated rings. The van der Waals surface area contributed by atoms with Gasteiger partial charge in [-0.15, -0.1) is 11.8 Å². The molecule has 2 aromatic carbocycles. The molecule has 4 nitrogen and oxygen atoms in total. The van der Waals surface area contributed by atoms with Gasteiger partial charge in [-0.2, -0.15) is 0 Å². The number of halogens is 2. The molecule has 0 radical (unpaired) electrons. The molecule has 2 amide bonds. The van der Waals surface area contributed by atoms with E-state index in [1.807, 2.05) is 38.1 Å². The molecule has 0 heterocycles. The Morgan fingerprint density at radius 3 is 2.10 bits per heavy atom. The molecule has 29 heavy (non-hydrogen) atoms. The van der Waals surface area contributed by atoms with Crippen LogP contribution in [0.2, 0.25) is 10.0 Å². The van der Waals surface area contributed by atoms with Crippen LogP contribution in [0.4, 0.5) is 0 Å². The quantitative estimate of drug-likeness (QED) is 0.516. The smallest absolute Gasteiger partial charge is 0.242 e. The molecule has 2 aromatic rings. The highest BCUT2D eigenvalue weighted by atomic mass is 35.5. The average Bonchev–Trinajstić information content (AvgIpc) is 2.72. The van der Waals surface area contributed by atoms with Crippen LogP contribution in [-0.4, -0.2) is 34.6 Å². The van der Waals surface area contributed by atoms with Crippen LogP contribution in [0.5, 0.6) is 0 Å². The summed E-state index contributed by atoms with van der Waals surface area (Å²) < 4.78 is 0. The number of hydrogen-bond donors (Lipinski definition) is 1. The van der Waals surface area contributed by atoms with Gasteiger partial charge in [-0.3, -0.25) is 9.59 Å². The summed E-state index contributed by atoms with van der Waals surface area (Å²) in [5.41, 5.74) is 0.919. The summed E-state index contributed by atoms with van der Waals surface area (Å²) in [6.07, 6.45) is 0.829. The van der Waals surface area contributed by atoms with E-state index < -0.39 is 6.04 Å². The van der Waals surface area contributed by atoms with Crippen LogP contribution in [0, 0.1) is 0 Å². The number of carbonyl (C=O) groups excluding carboxylic acids is 2. The standard InChI is InChI=1S/C22H26Cl2N2O2S/c1-4-15(2)25-22(28)16(3)26(13-17-5-7-18(23)8-6-17)21(27)14-29-20-11-9-19(24)10-12-20/h5-12,15-16H,4,13-14H2,1-3H3,(H,25,28)/t15-,16-/m0/s1. The van der Waals surface area contributed by atoms with Crippen molar-refractivity contribution in [1.82, 2.24) is 10.2 Å². The second-order valence-electron chi connectivity index (χ2n) is 6.88. The molecule has 0 aliphatic carbocycles. The summed E-state index contributed by atoms with van der Waals surface area (Å²) in [5.74, 6) is -0.0271. The molecule has 1 N–H and O–H groups in total. The predicted octanol–water partition coefficient (Wildman–Crippen LogP) is 5.42. The Bertz CT molecular complexity index is 813. The van der Waals surface area contributed by atoms with Gasteiger partial charge in [-0.1, -0.05) is 42.3 Å². The Balaban J connectivity index is 2.13. The molecule has 0 saturated heterocycles. The van der Waals surface area contributed by atoms with E-state index in [1.165, 1.54) is 11.8 Å². The van der Waals surface area contributed by atoms with Gasteiger partial charge in [0.25, 0.3) is 0 Å². The van der Waals surface area contributed by atoms with Crippen molar-refractivity contribution in [3.05, 3.63) is 64.1 Å². The SMILES string of the molecule is CC[C@H](C)NC(=O)[C@H](C)N(Cc1ccc(Cl)cc1)C(=O)CSc1ccc(Cl)cc1. The number of carbonyl (C=O) groups is 2. The Hall–Kier alpha value is -1.69. The molecule has 0 spiro atoms. The molecule has 0 aliphatic heterocycles. The monoisotopic (exact) mass is 452 g/mol. The first-order chi connectivity index (χ1) is 13.8. The topological polar surface area (TPSA) is 49.4 Å². The zero-order chi connectivity index (χ0) is 21.4. The van der Waals surface area contributed by atoms with E-state index in [4.69, 9.17) is 23.2 Å². The highest BCUT2D eigenvalue weighted by Gasteiger charge is 2.26. The molecule has 0 saturated carbocycles. The van der Waals surface area contributed by atoms with Gasteiger partial charge >= 0.3 is 0 Å². The van der Waals surface area contributed by atoms with E-state index in [-0.39, 0.29) is 23.6 Å². The first-order valence-corrected chi connectivity index (χ1v) is 11.3. The summed E-state index contributed by atoms with van der Waals surface area (Å²) in [6.45, 7) is 6.06. The van der Waals surface area contributed by atoms with Crippen molar-refractivity contribution in [2.24, 2.45) is 0 Å². The number of amides is 2. The van der Waals surface area contributed by atoms with Gasteiger partial charge in [0, 0.05) is 27.5 Å². The minimum absolute atomic E-state index is 0.0564. The predicted molar refractivity (Wildman–Crippen MR) is 122 cm³/mol. The third-order valence-corrected chi connectivity index (χ3v) is 6.11. The van der Waals surface area contributed by atoms with Gasteiger partial charge in [0.05, 0.1) is 5.75 Å². The van der Waals surface area contributed by atoms with E-state index in [9.17, 15) is 9.59 Å². The summed E-state index contributed by atoms with van der Waals surface area (Å²) in [4.78, 5) is 28.3. The van der Waals surface area contributed by atoms with Crippen molar-refractivity contribution in [2.75, 3.05) is 5.75 Å². The van der Waals surface area contributed by atoms with Gasteiger partial charge in [-0.05, 0) is 62.2 Å². The third kappa shape index (κ3) is 7.57. The lowest BCUT2D eigenvalue weighted by Gasteiger charge is -2.29. The van der Waals surface area contributed by atoms with Crippen LogP contribution in [0.15, 0.2) is 53.4 Å². The number of rotatable bonds is 9. The lowest BCUT2D eigenvalue weighted by atomic mass is 10.1. The Labute approximate surface area is 187 Å². The van der Waals surface area contributed by atoms with Crippen molar-refractivity contribution in [1.29, 1.82) is 0 Å². The summed E-state index contributed by atoms with van der Waals surface area (Å²) in [6, 6.07) is 14.1. The molecular weight excluding hydrogens is 427 g/mol.